The Morgan fingerprint density at radius 2 is 0.952 bits per heavy atom. The van der Waals surface area contributed by atoms with E-state index in [1.807, 2.05) is 0 Å². The van der Waals surface area contributed by atoms with Crippen molar-refractivity contribution in [3.63, 3.8) is 0 Å². The van der Waals surface area contributed by atoms with Crippen LogP contribution in [0.2, 0.25) is 0 Å². The van der Waals surface area contributed by atoms with Gasteiger partial charge in [0.25, 0.3) is 0 Å². The first-order chi connectivity index (χ1) is 30.0. The molecule has 62 heavy (non-hydrogen) atoms. The quantitative estimate of drug-likeness (QED) is 0.0221. The maximum Gasteiger partial charge on any atom is 0.306 e. The normalized spacial score (nSPS) is 27.1. The SMILES string of the molecule is CCC/C=C\CCCCCCCC(=O)OC(COC(=O)CCCCCCCCCCCCCCCCCC)COC1OC(COC2OC(CO)C(O)C(O)C2O)C(O)C(O)C1O. The molecule has 2 heterocycles. The number of carbonyl (C=O) groups is 2. The molecule has 0 bridgehead atoms. The number of unbranched alkanes of at least 4 members (excludes halogenated alkanes) is 21. The molecular weight excluding hydrogens is 805 g/mol. The van der Waals surface area contributed by atoms with Crippen molar-refractivity contribution in [2.24, 2.45) is 0 Å². The minimum atomic E-state index is -1.76. The minimum absolute atomic E-state index is 0.158. The molecule has 2 aliphatic rings. The van der Waals surface area contributed by atoms with Gasteiger partial charge in [0.1, 0.15) is 55.4 Å². The van der Waals surface area contributed by atoms with Crippen molar-refractivity contribution in [2.45, 2.75) is 248 Å². The van der Waals surface area contributed by atoms with Crippen molar-refractivity contribution in [1.82, 2.24) is 0 Å². The topological polar surface area (TPSA) is 231 Å². The van der Waals surface area contributed by atoms with Crippen LogP contribution in [0.1, 0.15) is 181 Å². The van der Waals surface area contributed by atoms with Crippen molar-refractivity contribution < 1.29 is 73.8 Å². The van der Waals surface area contributed by atoms with E-state index in [0.717, 1.165) is 64.2 Å². The summed E-state index contributed by atoms with van der Waals surface area (Å²) in [5.74, 6) is -0.930. The number of hydrogen-bond acceptors (Lipinski definition) is 15. The summed E-state index contributed by atoms with van der Waals surface area (Å²) in [6, 6.07) is 0. The third-order valence-corrected chi connectivity index (χ3v) is 11.7. The van der Waals surface area contributed by atoms with Gasteiger partial charge in [-0.1, -0.05) is 148 Å². The van der Waals surface area contributed by atoms with E-state index in [-0.39, 0.29) is 26.1 Å². The second kappa shape index (κ2) is 35.5. The summed E-state index contributed by atoms with van der Waals surface area (Å²) in [6.07, 6.45) is 15.5. The van der Waals surface area contributed by atoms with Gasteiger partial charge in [0.05, 0.1) is 19.8 Å². The van der Waals surface area contributed by atoms with E-state index in [0.29, 0.717) is 12.8 Å². The van der Waals surface area contributed by atoms with E-state index in [9.17, 15) is 45.3 Å². The van der Waals surface area contributed by atoms with Crippen LogP contribution in [-0.4, -0.2) is 142 Å². The fraction of sp³-hybridized carbons (Fsp3) is 0.915. The monoisotopic (exact) mass is 891 g/mol. The largest absolute Gasteiger partial charge is 0.462 e. The van der Waals surface area contributed by atoms with Gasteiger partial charge in [-0.2, -0.15) is 0 Å². The highest BCUT2D eigenvalue weighted by Crippen LogP contribution is 2.26. The second-order valence-corrected chi connectivity index (χ2v) is 17.3. The smallest absolute Gasteiger partial charge is 0.306 e. The number of hydrogen-bond donors (Lipinski definition) is 7. The van der Waals surface area contributed by atoms with Crippen LogP contribution in [0.25, 0.3) is 0 Å². The molecule has 2 aliphatic heterocycles. The molecular formula is C47H86O15. The summed E-state index contributed by atoms with van der Waals surface area (Å²) in [6.45, 7) is 2.52. The zero-order valence-electron chi connectivity index (χ0n) is 38.1. The van der Waals surface area contributed by atoms with Crippen LogP contribution in [0.5, 0.6) is 0 Å². The molecule has 0 spiro atoms. The summed E-state index contributed by atoms with van der Waals surface area (Å²) in [4.78, 5) is 25.6. The molecule has 2 fully saturated rings. The third-order valence-electron chi connectivity index (χ3n) is 11.7. The second-order valence-electron chi connectivity index (χ2n) is 17.3. The van der Waals surface area contributed by atoms with E-state index >= 15 is 0 Å². The van der Waals surface area contributed by atoms with Gasteiger partial charge in [0.15, 0.2) is 18.7 Å². The van der Waals surface area contributed by atoms with Crippen LogP contribution in [0.4, 0.5) is 0 Å². The van der Waals surface area contributed by atoms with Crippen molar-refractivity contribution >= 4 is 11.9 Å². The first-order valence-electron chi connectivity index (χ1n) is 24.3. The van der Waals surface area contributed by atoms with Gasteiger partial charge < -0.3 is 64.2 Å². The molecule has 7 N–H and O–H groups in total. The van der Waals surface area contributed by atoms with Gasteiger partial charge in [-0.15, -0.1) is 0 Å². The Labute approximate surface area is 371 Å². The predicted molar refractivity (Wildman–Crippen MR) is 234 cm³/mol. The summed E-state index contributed by atoms with van der Waals surface area (Å²) in [7, 11) is 0. The van der Waals surface area contributed by atoms with Gasteiger partial charge in [-0.3, -0.25) is 9.59 Å². The Hall–Kier alpha value is -1.76. The highest BCUT2D eigenvalue weighted by Gasteiger charge is 2.47. The summed E-state index contributed by atoms with van der Waals surface area (Å²) in [5, 5.41) is 71.9. The number of aliphatic hydroxyl groups excluding tert-OH is 7. The van der Waals surface area contributed by atoms with Crippen LogP contribution < -0.4 is 0 Å². The highest BCUT2D eigenvalue weighted by atomic mass is 16.7. The van der Waals surface area contributed by atoms with Crippen molar-refractivity contribution in [3.05, 3.63) is 12.2 Å². The van der Waals surface area contributed by atoms with Crippen LogP contribution in [-0.2, 0) is 38.0 Å². The lowest BCUT2D eigenvalue weighted by molar-refractivity contribution is -0.332. The Kier molecular flexibility index (Phi) is 32.3. The first-order valence-corrected chi connectivity index (χ1v) is 24.3. The molecule has 11 atom stereocenters. The molecule has 15 nitrogen and oxygen atoms in total. The minimum Gasteiger partial charge on any atom is -0.462 e. The maximum atomic E-state index is 12.9. The summed E-state index contributed by atoms with van der Waals surface area (Å²) >= 11 is 0. The lowest BCUT2D eigenvalue weighted by Crippen LogP contribution is -2.61. The Bertz CT molecular complexity index is 1140. The van der Waals surface area contributed by atoms with E-state index in [1.54, 1.807) is 0 Å². The number of esters is 2. The van der Waals surface area contributed by atoms with Gasteiger partial charge >= 0.3 is 11.9 Å². The molecule has 0 aromatic heterocycles. The van der Waals surface area contributed by atoms with Crippen molar-refractivity contribution in [2.75, 3.05) is 26.4 Å². The number of rotatable bonds is 37. The molecule has 15 heteroatoms. The molecule has 2 rings (SSSR count). The highest BCUT2D eigenvalue weighted by molar-refractivity contribution is 5.70. The summed E-state index contributed by atoms with van der Waals surface area (Å²) in [5.41, 5.74) is 0. The molecule has 0 radical (unpaired) electrons. The number of allylic oxidation sites excluding steroid dienone is 2. The molecule has 364 valence electrons. The average molecular weight is 891 g/mol. The lowest BCUT2D eigenvalue weighted by Gasteiger charge is -2.42. The third kappa shape index (κ3) is 24.0. The van der Waals surface area contributed by atoms with Gasteiger partial charge in [-0.25, -0.2) is 0 Å². The Morgan fingerprint density at radius 3 is 1.48 bits per heavy atom. The van der Waals surface area contributed by atoms with E-state index in [1.165, 1.54) is 77.0 Å². The number of carbonyl (C=O) groups excluding carboxylic acids is 2. The average Bonchev–Trinajstić information content (AvgIpc) is 3.26. The van der Waals surface area contributed by atoms with E-state index in [2.05, 4.69) is 26.0 Å². The van der Waals surface area contributed by atoms with Gasteiger partial charge in [0, 0.05) is 12.8 Å². The number of ether oxygens (including phenoxy) is 6. The Balaban J connectivity index is 1.81. The van der Waals surface area contributed by atoms with Crippen LogP contribution in [0.3, 0.4) is 0 Å². The molecule has 0 amide bonds. The number of aliphatic hydroxyl groups is 7. The molecule has 2 saturated heterocycles. The molecule has 0 aliphatic carbocycles. The fourth-order valence-electron chi connectivity index (χ4n) is 7.69. The fourth-order valence-corrected chi connectivity index (χ4v) is 7.69. The summed E-state index contributed by atoms with van der Waals surface area (Å²) < 4.78 is 33.5. The molecule has 11 unspecified atom stereocenters. The molecule has 0 saturated carbocycles. The maximum absolute atomic E-state index is 12.9. The van der Waals surface area contributed by atoms with E-state index < -0.39 is 92.7 Å². The molecule has 0 aromatic rings. The van der Waals surface area contributed by atoms with Crippen molar-refractivity contribution in [1.29, 1.82) is 0 Å². The Morgan fingerprint density at radius 1 is 0.500 bits per heavy atom. The zero-order valence-corrected chi connectivity index (χ0v) is 38.1. The molecule has 0 aromatic carbocycles. The van der Waals surface area contributed by atoms with Gasteiger partial charge in [-0.05, 0) is 32.1 Å². The van der Waals surface area contributed by atoms with Gasteiger partial charge in [0.2, 0.25) is 0 Å². The van der Waals surface area contributed by atoms with Crippen LogP contribution in [0, 0.1) is 0 Å². The van der Waals surface area contributed by atoms with Crippen molar-refractivity contribution in [3.8, 4) is 0 Å². The standard InChI is InChI=1S/C47H86O15/c1-3-5-7-9-11-13-15-16-17-18-19-20-22-23-25-27-29-38(49)57-32-35(60-39(50)30-28-26-24-21-14-12-10-8-6-4-2)33-58-46-45(56)43(54)41(52)37(62-46)34-59-47-44(55)42(53)40(51)36(31-48)61-47/h8,10,35-37,40-48,51-56H,3-7,9,11-34H2,1-2H3/b10-8-. The first kappa shape index (κ1) is 56.4. The zero-order chi connectivity index (χ0) is 45.4. The van der Waals surface area contributed by atoms with Crippen LogP contribution >= 0.6 is 0 Å². The van der Waals surface area contributed by atoms with Crippen LogP contribution in [0.15, 0.2) is 12.2 Å². The van der Waals surface area contributed by atoms with E-state index in [4.69, 9.17) is 28.4 Å². The lowest BCUT2D eigenvalue weighted by atomic mass is 9.98. The predicted octanol–water partition coefficient (Wildman–Crippen LogP) is 5.82.